The average Bonchev–Trinajstić information content (AvgIpc) is 2.32. The Morgan fingerprint density at radius 1 is 1.44 bits per heavy atom. The van der Waals surface area contributed by atoms with Crippen LogP contribution in [0.25, 0.3) is 0 Å². The molecule has 1 atom stereocenters. The summed E-state index contributed by atoms with van der Waals surface area (Å²) in [6.07, 6.45) is 0.708. The third kappa shape index (κ3) is 3.65. The summed E-state index contributed by atoms with van der Waals surface area (Å²) in [5.41, 5.74) is 8.44. The number of esters is 1. The van der Waals surface area contributed by atoms with Crippen molar-refractivity contribution in [1.29, 1.82) is 0 Å². The number of hydrogen-bond donors (Lipinski definition) is 2. The summed E-state index contributed by atoms with van der Waals surface area (Å²) < 4.78 is 4.81. The number of carbonyl (C=O) groups is 1. The fourth-order valence-electron chi connectivity index (χ4n) is 1.82. The van der Waals surface area contributed by atoms with Crippen molar-refractivity contribution in [2.24, 2.45) is 5.92 Å². The van der Waals surface area contributed by atoms with Crippen LogP contribution in [-0.4, -0.2) is 19.1 Å². The standard InChI is InChI=1S/C14H22N2O2/c1-9(2)8-12(14(17)18-4)16-11-7-5-6-10(3)13(11)15/h5-7,9,12,16H,8,15H2,1-4H3. The largest absolute Gasteiger partial charge is 0.467 e. The number of para-hydroxylation sites is 1. The molecule has 4 heteroatoms. The Morgan fingerprint density at radius 3 is 2.67 bits per heavy atom. The van der Waals surface area contributed by atoms with Crippen molar-refractivity contribution in [2.75, 3.05) is 18.2 Å². The first-order chi connectivity index (χ1) is 8.45. The summed E-state index contributed by atoms with van der Waals surface area (Å²) in [4.78, 5) is 11.7. The van der Waals surface area contributed by atoms with E-state index in [1.165, 1.54) is 7.11 Å². The minimum atomic E-state index is -0.362. The fourth-order valence-corrected chi connectivity index (χ4v) is 1.82. The van der Waals surface area contributed by atoms with Crippen LogP contribution in [0.2, 0.25) is 0 Å². The maximum absolute atomic E-state index is 11.7. The van der Waals surface area contributed by atoms with Crippen LogP contribution in [0.1, 0.15) is 25.8 Å². The molecule has 100 valence electrons. The highest BCUT2D eigenvalue weighted by atomic mass is 16.5. The summed E-state index contributed by atoms with van der Waals surface area (Å²) in [6.45, 7) is 6.07. The molecule has 1 rings (SSSR count). The number of nitrogens with one attached hydrogen (secondary N) is 1. The van der Waals surface area contributed by atoms with E-state index < -0.39 is 0 Å². The van der Waals surface area contributed by atoms with Crippen LogP contribution < -0.4 is 11.1 Å². The molecule has 0 radical (unpaired) electrons. The van der Waals surface area contributed by atoms with Crippen molar-refractivity contribution in [3.63, 3.8) is 0 Å². The Hall–Kier alpha value is -1.71. The molecular formula is C14H22N2O2. The van der Waals surface area contributed by atoms with Gasteiger partial charge in [0, 0.05) is 0 Å². The molecule has 0 aliphatic carbocycles. The number of nitrogen functional groups attached to an aromatic ring is 1. The lowest BCUT2D eigenvalue weighted by Crippen LogP contribution is -2.32. The van der Waals surface area contributed by atoms with Gasteiger partial charge in [0.1, 0.15) is 6.04 Å². The molecule has 0 saturated carbocycles. The molecule has 4 nitrogen and oxygen atoms in total. The van der Waals surface area contributed by atoms with Gasteiger partial charge in [0.25, 0.3) is 0 Å². The second kappa shape index (κ2) is 6.28. The predicted octanol–water partition coefficient (Wildman–Crippen LogP) is 2.58. The SMILES string of the molecule is COC(=O)C(CC(C)C)Nc1cccc(C)c1N. The zero-order valence-corrected chi connectivity index (χ0v) is 11.5. The Bertz CT molecular complexity index is 416. The molecule has 0 aliphatic rings. The van der Waals surface area contributed by atoms with Gasteiger partial charge in [0.2, 0.25) is 0 Å². The number of hydrogen-bond acceptors (Lipinski definition) is 4. The fraction of sp³-hybridized carbons (Fsp3) is 0.500. The Balaban J connectivity index is 2.88. The first kappa shape index (κ1) is 14.4. The second-order valence-electron chi connectivity index (χ2n) is 4.89. The van der Waals surface area contributed by atoms with Crippen LogP contribution >= 0.6 is 0 Å². The molecule has 3 N–H and O–H groups in total. The summed E-state index contributed by atoms with van der Waals surface area (Å²) in [7, 11) is 1.40. The lowest BCUT2D eigenvalue weighted by atomic mass is 10.0. The van der Waals surface area contributed by atoms with E-state index >= 15 is 0 Å². The molecule has 0 heterocycles. The van der Waals surface area contributed by atoms with Crippen LogP contribution in [0.5, 0.6) is 0 Å². The maximum atomic E-state index is 11.7. The van der Waals surface area contributed by atoms with E-state index in [0.717, 1.165) is 11.3 Å². The van der Waals surface area contributed by atoms with Gasteiger partial charge in [-0.3, -0.25) is 0 Å². The normalized spacial score (nSPS) is 12.3. The lowest BCUT2D eigenvalue weighted by Gasteiger charge is -2.21. The van der Waals surface area contributed by atoms with Crippen LogP contribution in [0.15, 0.2) is 18.2 Å². The Kier molecular flexibility index (Phi) is 5.01. The quantitative estimate of drug-likeness (QED) is 0.622. The number of anilines is 2. The van der Waals surface area contributed by atoms with Crippen molar-refractivity contribution < 1.29 is 9.53 Å². The van der Waals surface area contributed by atoms with Crippen molar-refractivity contribution in [3.8, 4) is 0 Å². The minimum Gasteiger partial charge on any atom is -0.467 e. The van der Waals surface area contributed by atoms with Gasteiger partial charge in [0.15, 0.2) is 0 Å². The van der Waals surface area contributed by atoms with E-state index in [1.54, 1.807) is 0 Å². The zero-order chi connectivity index (χ0) is 13.7. The number of nitrogens with two attached hydrogens (primary N) is 1. The number of ether oxygens (including phenoxy) is 1. The molecule has 18 heavy (non-hydrogen) atoms. The highest BCUT2D eigenvalue weighted by Crippen LogP contribution is 2.24. The van der Waals surface area contributed by atoms with E-state index in [4.69, 9.17) is 10.5 Å². The van der Waals surface area contributed by atoms with E-state index in [9.17, 15) is 4.79 Å². The topological polar surface area (TPSA) is 64.3 Å². The molecule has 0 saturated heterocycles. The molecule has 0 aromatic heterocycles. The van der Waals surface area contributed by atoms with Crippen molar-refractivity contribution >= 4 is 17.3 Å². The minimum absolute atomic E-state index is 0.260. The van der Waals surface area contributed by atoms with Crippen molar-refractivity contribution in [3.05, 3.63) is 23.8 Å². The lowest BCUT2D eigenvalue weighted by molar-refractivity contribution is -0.141. The number of carbonyl (C=O) groups excluding carboxylic acids is 1. The summed E-state index contributed by atoms with van der Waals surface area (Å²) in [6, 6.07) is 5.37. The monoisotopic (exact) mass is 250 g/mol. The number of methoxy groups -OCH3 is 1. The molecule has 1 aromatic rings. The number of rotatable bonds is 5. The first-order valence-corrected chi connectivity index (χ1v) is 6.15. The van der Waals surface area contributed by atoms with E-state index in [2.05, 4.69) is 19.2 Å². The van der Waals surface area contributed by atoms with Crippen LogP contribution in [0, 0.1) is 12.8 Å². The maximum Gasteiger partial charge on any atom is 0.328 e. The molecular weight excluding hydrogens is 228 g/mol. The molecule has 0 amide bonds. The smallest absolute Gasteiger partial charge is 0.328 e. The number of aryl methyl sites for hydroxylation is 1. The third-order valence-corrected chi connectivity index (χ3v) is 2.85. The van der Waals surface area contributed by atoms with Crippen LogP contribution in [0.3, 0.4) is 0 Å². The Morgan fingerprint density at radius 2 is 2.11 bits per heavy atom. The van der Waals surface area contributed by atoms with E-state index in [0.29, 0.717) is 18.0 Å². The van der Waals surface area contributed by atoms with Gasteiger partial charge >= 0.3 is 5.97 Å². The molecule has 0 aliphatic heterocycles. The van der Waals surface area contributed by atoms with Crippen molar-refractivity contribution in [1.82, 2.24) is 0 Å². The summed E-state index contributed by atoms with van der Waals surface area (Å²) >= 11 is 0. The highest BCUT2D eigenvalue weighted by Gasteiger charge is 2.21. The zero-order valence-electron chi connectivity index (χ0n) is 11.5. The molecule has 1 unspecified atom stereocenters. The summed E-state index contributed by atoms with van der Waals surface area (Å²) in [5, 5.41) is 3.17. The molecule has 0 spiro atoms. The van der Waals surface area contributed by atoms with Gasteiger partial charge < -0.3 is 15.8 Å². The van der Waals surface area contributed by atoms with E-state index in [-0.39, 0.29) is 12.0 Å². The summed E-state index contributed by atoms with van der Waals surface area (Å²) in [5.74, 6) is 0.136. The Labute approximate surface area is 109 Å². The van der Waals surface area contributed by atoms with Crippen molar-refractivity contribution in [2.45, 2.75) is 33.2 Å². The highest BCUT2D eigenvalue weighted by molar-refractivity contribution is 5.81. The second-order valence-corrected chi connectivity index (χ2v) is 4.89. The average molecular weight is 250 g/mol. The van der Waals surface area contributed by atoms with Gasteiger partial charge in [-0.1, -0.05) is 26.0 Å². The predicted molar refractivity (Wildman–Crippen MR) is 74.5 cm³/mol. The van der Waals surface area contributed by atoms with Gasteiger partial charge in [-0.15, -0.1) is 0 Å². The van der Waals surface area contributed by atoms with Crippen LogP contribution in [-0.2, 0) is 9.53 Å². The molecule has 0 bridgehead atoms. The van der Waals surface area contributed by atoms with Gasteiger partial charge in [0.05, 0.1) is 18.5 Å². The molecule has 0 fully saturated rings. The van der Waals surface area contributed by atoms with Crippen LogP contribution in [0.4, 0.5) is 11.4 Å². The number of benzene rings is 1. The van der Waals surface area contributed by atoms with Gasteiger partial charge in [-0.25, -0.2) is 4.79 Å². The van der Waals surface area contributed by atoms with E-state index in [1.807, 2.05) is 25.1 Å². The first-order valence-electron chi connectivity index (χ1n) is 6.15. The third-order valence-electron chi connectivity index (χ3n) is 2.85. The van der Waals surface area contributed by atoms with Gasteiger partial charge in [-0.2, -0.15) is 0 Å². The van der Waals surface area contributed by atoms with Gasteiger partial charge in [-0.05, 0) is 30.9 Å². The molecule has 1 aromatic carbocycles.